The molecule has 2 aromatic heterocycles. The van der Waals surface area contributed by atoms with Crippen molar-refractivity contribution >= 4 is 11.3 Å². The SMILES string of the molecule is CCCNC(CC)c1nnc(-c2cncnc2)s1. The zero-order chi connectivity index (χ0) is 12.8. The summed E-state index contributed by atoms with van der Waals surface area (Å²) in [5.74, 6) is 0. The molecule has 2 heterocycles. The fourth-order valence-electron chi connectivity index (χ4n) is 1.63. The van der Waals surface area contributed by atoms with E-state index >= 15 is 0 Å². The number of hydrogen-bond donors (Lipinski definition) is 1. The molecule has 0 aliphatic heterocycles. The van der Waals surface area contributed by atoms with Crippen molar-refractivity contribution in [2.45, 2.75) is 32.7 Å². The minimum absolute atomic E-state index is 0.292. The Labute approximate surface area is 111 Å². The maximum atomic E-state index is 4.27. The normalized spacial score (nSPS) is 12.6. The van der Waals surface area contributed by atoms with Crippen molar-refractivity contribution in [3.05, 3.63) is 23.7 Å². The molecule has 2 aromatic rings. The van der Waals surface area contributed by atoms with Gasteiger partial charge in [0.1, 0.15) is 11.3 Å². The maximum Gasteiger partial charge on any atom is 0.150 e. The van der Waals surface area contributed by atoms with E-state index in [9.17, 15) is 0 Å². The van der Waals surface area contributed by atoms with E-state index < -0.39 is 0 Å². The molecule has 0 amide bonds. The number of rotatable bonds is 6. The van der Waals surface area contributed by atoms with Gasteiger partial charge in [-0.15, -0.1) is 10.2 Å². The molecule has 0 radical (unpaired) electrons. The van der Waals surface area contributed by atoms with E-state index in [-0.39, 0.29) is 0 Å². The number of nitrogens with zero attached hydrogens (tertiary/aromatic N) is 4. The third-order valence-corrected chi connectivity index (χ3v) is 3.68. The van der Waals surface area contributed by atoms with Crippen LogP contribution in [0.5, 0.6) is 0 Å². The Morgan fingerprint density at radius 1 is 1.22 bits per heavy atom. The molecule has 0 fully saturated rings. The third-order valence-electron chi connectivity index (χ3n) is 2.60. The van der Waals surface area contributed by atoms with Crippen LogP contribution in [0.2, 0.25) is 0 Å². The number of hydrogen-bond acceptors (Lipinski definition) is 6. The highest BCUT2D eigenvalue weighted by atomic mass is 32.1. The van der Waals surface area contributed by atoms with Crippen LogP contribution in [0.3, 0.4) is 0 Å². The van der Waals surface area contributed by atoms with E-state index in [1.54, 1.807) is 23.7 Å². The van der Waals surface area contributed by atoms with Gasteiger partial charge in [-0.05, 0) is 19.4 Å². The van der Waals surface area contributed by atoms with Crippen molar-refractivity contribution in [2.75, 3.05) is 6.54 Å². The third kappa shape index (κ3) is 3.08. The zero-order valence-electron chi connectivity index (χ0n) is 10.6. The summed E-state index contributed by atoms with van der Waals surface area (Å²) < 4.78 is 0. The lowest BCUT2D eigenvalue weighted by Crippen LogP contribution is -2.21. The Kier molecular flexibility index (Phi) is 4.72. The predicted molar refractivity (Wildman–Crippen MR) is 72.3 cm³/mol. The van der Waals surface area contributed by atoms with Crippen LogP contribution >= 0.6 is 11.3 Å². The minimum atomic E-state index is 0.292. The highest BCUT2D eigenvalue weighted by Gasteiger charge is 2.15. The lowest BCUT2D eigenvalue weighted by Gasteiger charge is -2.12. The molecule has 1 N–H and O–H groups in total. The molecular formula is C12H17N5S. The highest BCUT2D eigenvalue weighted by molar-refractivity contribution is 7.14. The molecule has 1 atom stereocenters. The minimum Gasteiger partial charge on any atom is -0.308 e. The van der Waals surface area contributed by atoms with Crippen molar-refractivity contribution in [1.82, 2.24) is 25.5 Å². The molecule has 0 spiro atoms. The Morgan fingerprint density at radius 3 is 2.67 bits per heavy atom. The zero-order valence-corrected chi connectivity index (χ0v) is 11.4. The van der Waals surface area contributed by atoms with Gasteiger partial charge >= 0.3 is 0 Å². The van der Waals surface area contributed by atoms with E-state index in [4.69, 9.17) is 0 Å². The van der Waals surface area contributed by atoms with Gasteiger partial charge in [-0.1, -0.05) is 25.2 Å². The summed E-state index contributed by atoms with van der Waals surface area (Å²) in [6, 6.07) is 0.292. The first kappa shape index (κ1) is 13.0. The molecule has 5 nitrogen and oxygen atoms in total. The molecule has 0 bridgehead atoms. The molecule has 1 unspecified atom stereocenters. The number of nitrogens with one attached hydrogen (secondary N) is 1. The average molecular weight is 263 g/mol. The Balaban J connectivity index is 2.14. The van der Waals surface area contributed by atoms with Crippen LogP contribution in [-0.2, 0) is 0 Å². The largest absolute Gasteiger partial charge is 0.308 e. The van der Waals surface area contributed by atoms with Gasteiger partial charge in [0.05, 0.1) is 6.04 Å². The van der Waals surface area contributed by atoms with Gasteiger partial charge in [-0.2, -0.15) is 0 Å². The summed E-state index contributed by atoms with van der Waals surface area (Å²) in [7, 11) is 0. The predicted octanol–water partition coefficient (Wildman–Crippen LogP) is 2.45. The molecule has 96 valence electrons. The van der Waals surface area contributed by atoms with Gasteiger partial charge in [0.25, 0.3) is 0 Å². The van der Waals surface area contributed by atoms with Gasteiger partial charge in [-0.3, -0.25) is 0 Å². The second kappa shape index (κ2) is 6.51. The summed E-state index contributed by atoms with van der Waals surface area (Å²) in [4.78, 5) is 7.99. The monoisotopic (exact) mass is 263 g/mol. The summed E-state index contributed by atoms with van der Waals surface area (Å²) in [6.07, 6.45) is 7.17. The first-order chi connectivity index (χ1) is 8.85. The quantitative estimate of drug-likeness (QED) is 0.867. The highest BCUT2D eigenvalue weighted by Crippen LogP contribution is 2.27. The van der Waals surface area contributed by atoms with Crippen molar-refractivity contribution in [1.29, 1.82) is 0 Å². The van der Waals surface area contributed by atoms with Gasteiger partial charge in [0, 0.05) is 18.0 Å². The second-order valence-corrected chi connectivity index (χ2v) is 5.00. The van der Waals surface area contributed by atoms with Crippen molar-refractivity contribution in [3.8, 4) is 10.6 Å². The summed E-state index contributed by atoms with van der Waals surface area (Å²) in [5.41, 5.74) is 0.923. The van der Waals surface area contributed by atoms with Crippen molar-refractivity contribution in [2.24, 2.45) is 0 Å². The van der Waals surface area contributed by atoms with E-state index in [1.807, 2.05) is 0 Å². The molecule has 0 aromatic carbocycles. The van der Waals surface area contributed by atoms with E-state index in [0.717, 1.165) is 35.0 Å². The fraction of sp³-hybridized carbons (Fsp3) is 0.500. The maximum absolute atomic E-state index is 4.27. The Bertz CT molecular complexity index is 470. The van der Waals surface area contributed by atoms with Gasteiger partial charge in [-0.25, -0.2) is 9.97 Å². The molecule has 0 saturated carbocycles. The van der Waals surface area contributed by atoms with Gasteiger partial charge < -0.3 is 5.32 Å². The lowest BCUT2D eigenvalue weighted by molar-refractivity contribution is 0.513. The molecular weight excluding hydrogens is 246 g/mol. The van der Waals surface area contributed by atoms with Crippen LogP contribution in [0, 0.1) is 0 Å². The van der Waals surface area contributed by atoms with Crippen molar-refractivity contribution in [3.63, 3.8) is 0 Å². The van der Waals surface area contributed by atoms with E-state index in [1.165, 1.54) is 6.33 Å². The number of aromatic nitrogens is 4. The summed E-state index contributed by atoms with van der Waals surface area (Å²) in [5, 5.41) is 13.9. The summed E-state index contributed by atoms with van der Waals surface area (Å²) >= 11 is 1.60. The average Bonchev–Trinajstić information content (AvgIpc) is 2.90. The fourth-order valence-corrected chi connectivity index (χ4v) is 2.60. The Morgan fingerprint density at radius 2 is 2.00 bits per heavy atom. The van der Waals surface area contributed by atoms with Crippen LogP contribution in [0.15, 0.2) is 18.7 Å². The van der Waals surface area contributed by atoms with Crippen LogP contribution in [-0.4, -0.2) is 26.7 Å². The van der Waals surface area contributed by atoms with Crippen LogP contribution in [0.1, 0.15) is 37.7 Å². The molecule has 6 heteroatoms. The molecule has 0 aliphatic rings. The Hall–Kier alpha value is -1.40. The van der Waals surface area contributed by atoms with Crippen LogP contribution in [0.4, 0.5) is 0 Å². The van der Waals surface area contributed by atoms with Crippen LogP contribution in [0.25, 0.3) is 10.6 Å². The standard InChI is InChI=1S/C12H17N5S/c1-3-5-15-10(4-2)12-17-16-11(18-12)9-6-13-8-14-7-9/h6-8,10,15H,3-5H2,1-2H3. The topological polar surface area (TPSA) is 63.6 Å². The van der Waals surface area contributed by atoms with Gasteiger partial charge in [0.15, 0.2) is 5.01 Å². The van der Waals surface area contributed by atoms with Gasteiger partial charge in [0.2, 0.25) is 0 Å². The van der Waals surface area contributed by atoms with E-state index in [0.29, 0.717) is 6.04 Å². The second-order valence-electron chi connectivity index (χ2n) is 3.99. The lowest BCUT2D eigenvalue weighted by atomic mass is 10.2. The van der Waals surface area contributed by atoms with Crippen LogP contribution < -0.4 is 5.32 Å². The molecule has 18 heavy (non-hydrogen) atoms. The summed E-state index contributed by atoms with van der Waals surface area (Å²) in [6.45, 7) is 5.31. The molecule has 0 saturated heterocycles. The van der Waals surface area contributed by atoms with E-state index in [2.05, 4.69) is 39.3 Å². The smallest absolute Gasteiger partial charge is 0.150 e. The van der Waals surface area contributed by atoms with Crippen molar-refractivity contribution < 1.29 is 0 Å². The molecule has 2 rings (SSSR count). The molecule has 0 aliphatic carbocycles. The first-order valence-electron chi connectivity index (χ1n) is 6.17. The first-order valence-corrected chi connectivity index (χ1v) is 6.99.